The predicted molar refractivity (Wildman–Crippen MR) is 102 cm³/mol. The minimum atomic E-state index is -0.820. The van der Waals surface area contributed by atoms with Crippen LogP contribution < -0.4 is 4.90 Å². The average Bonchev–Trinajstić information content (AvgIpc) is 2.76. The number of thiazole rings is 1. The SMILES string of the molecule is CC(C)(C)OC(=O)N(C(=O)OC(C)(C)C)c1nc2ccc(Br)cc2s1. The third kappa shape index (κ3) is 5.40. The summed E-state index contributed by atoms with van der Waals surface area (Å²) in [6, 6.07) is 5.53. The van der Waals surface area contributed by atoms with Crippen molar-refractivity contribution in [3.63, 3.8) is 0 Å². The molecule has 2 rings (SSSR count). The van der Waals surface area contributed by atoms with Crippen LogP contribution >= 0.6 is 27.3 Å². The molecule has 25 heavy (non-hydrogen) atoms. The molecule has 2 aromatic rings. The Balaban J connectivity index is 2.44. The van der Waals surface area contributed by atoms with Gasteiger partial charge in [-0.15, -0.1) is 0 Å². The van der Waals surface area contributed by atoms with Crippen molar-refractivity contribution in [1.29, 1.82) is 0 Å². The van der Waals surface area contributed by atoms with Crippen LogP contribution in [0.3, 0.4) is 0 Å². The Bertz CT molecular complexity index is 777. The maximum Gasteiger partial charge on any atom is 0.426 e. The van der Waals surface area contributed by atoms with Crippen molar-refractivity contribution in [3.05, 3.63) is 22.7 Å². The molecule has 0 aliphatic heterocycles. The highest BCUT2D eigenvalue weighted by atomic mass is 79.9. The van der Waals surface area contributed by atoms with Gasteiger partial charge in [-0.05, 0) is 59.7 Å². The van der Waals surface area contributed by atoms with Crippen LogP contribution in [-0.4, -0.2) is 28.4 Å². The number of ether oxygens (including phenoxy) is 2. The summed E-state index contributed by atoms with van der Waals surface area (Å²) in [4.78, 5) is 30.4. The van der Waals surface area contributed by atoms with Gasteiger partial charge in [0.15, 0.2) is 0 Å². The fourth-order valence-corrected chi connectivity index (χ4v) is 3.33. The molecule has 0 saturated carbocycles. The minimum absolute atomic E-state index is 0.205. The number of carbonyl (C=O) groups is 2. The lowest BCUT2D eigenvalue weighted by atomic mass is 10.2. The summed E-state index contributed by atoms with van der Waals surface area (Å²) in [6.07, 6.45) is -1.64. The molecule has 0 saturated heterocycles. The Labute approximate surface area is 159 Å². The van der Waals surface area contributed by atoms with Gasteiger partial charge in [0.1, 0.15) is 11.2 Å². The van der Waals surface area contributed by atoms with Crippen molar-refractivity contribution in [3.8, 4) is 0 Å². The first-order valence-corrected chi connectivity index (χ1v) is 9.29. The first kappa shape index (κ1) is 19.7. The normalized spacial score (nSPS) is 12.1. The van der Waals surface area contributed by atoms with Gasteiger partial charge in [-0.1, -0.05) is 27.3 Å². The van der Waals surface area contributed by atoms with Gasteiger partial charge in [0.2, 0.25) is 5.13 Å². The number of hydrogen-bond acceptors (Lipinski definition) is 6. The van der Waals surface area contributed by atoms with Crippen molar-refractivity contribution < 1.29 is 19.1 Å². The molecule has 0 fully saturated rings. The number of amides is 2. The van der Waals surface area contributed by atoms with E-state index < -0.39 is 23.4 Å². The third-order valence-electron chi connectivity index (χ3n) is 2.68. The maximum atomic E-state index is 12.6. The van der Waals surface area contributed by atoms with E-state index in [0.29, 0.717) is 5.52 Å². The first-order valence-electron chi connectivity index (χ1n) is 7.68. The number of aromatic nitrogens is 1. The largest absolute Gasteiger partial charge is 0.443 e. The van der Waals surface area contributed by atoms with E-state index in [9.17, 15) is 9.59 Å². The summed E-state index contributed by atoms with van der Waals surface area (Å²) in [7, 11) is 0. The Morgan fingerprint density at radius 1 is 1.04 bits per heavy atom. The Kier molecular flexibility index (Phi) is 5.44. The molecular weight excluding hydrogens is 408 g/mol. The molecule has 0 bridgehead atoms. The van der Waals surface area contributed by atoms with Crippen molar-refractivity contribution in [2.75, 3.05) is 4.90 Å². The molecule has 1 aromatic carbocycles. The molecule has 0 unspecified atom stereocenters. The number of benzene rings is 1. The van der Waals surface area contributed by atoms with Gasteiger partial charge in [-0.25, -0.2) is 14.6 Å². The predicted octanol–water partition coefficient (Wildman–Crippen LogP) is 5.74. The zero-order valence-electron chi connectivity index (χ0n) is 15.0. The third-order valence-corrected chi connectivity index (χ3v) is 4.18. The fraction of sp³-hybridized carbons (Fsp3) is 0.471. The van der Waals surface area contributed by atoms with Crippen LogP contribution in [0.15, 0.2) is 22.7 Å². The van der Waals surface area contributed by atoms with Gasteiger partial charge in [0, 0.05) is 4.47 Å². The van der Waals surface area contributed by atoms with E-state index >= 15 is 0 Å². The number of carbonyl (C=O) groups excluding carboxylic acids is 2. The number of halogens is 1. The fourth-order valence-electron chi connectivity index (χ4n) is 1.83. The lowest BCUT2D eigenvalue weighted by Gasteiger charge is -2.27. The zero-order chi connectivity index (χ0) is 19.0. The molecule has 0 aliphatic rings. The summed E-state index contributed by atoms with van der Waals surface area (Å²) >= 11 is 4.61. The highest BCUT2D eigenvalue weighted by Gasteiger charge is 2.34. The average molecular weight is 429 g/mol. The molecule has 0 aliphatic carbocycles. The molecular formula is C17H21BrN2O4S. The lowest BCUT2D eigenvalue weighted by Crippen LogP contribution is -2.43. The topological polar surface area (TPSA) is 68.7 Å². The summed E-state index contributed by atoms with van der Waals surface area (Å²) < 4.78 is 12.4. The Hall–Kier alpha value is -1.67. The van der Waals surface area contributed by atoms with Crippen LogP contribution in [0.25, 0.3) is 10.2 Å². The van der Waals surface area contributed by atoms with Crippen LogP contribution in [0.4, 0.5) is 14.7 Å². The van der Waals surface area contributed by atoms with E-state index in [4.69, 9.17) is 9.47 Å². The van der Waals surface area contributed by atoms with Crippen molar-refractivity contribution in [2.24, 2.45) is 0 Å². The summed E-state index contributed by atoms with van der Waals surface area (Å²) in [5.74, 6) is 0. The lowest BCUT2D eigenvalue weighted by molar-refractivity contribution is 0.0431. The smallest absolute Gasteiger partial charge is 0.426 e. The van der Waals surface area contributed by atoms with Gasteiger partial charge < -0.3 is 9.47 Å². The van der Waals surface area contributed by atoms with E-state index in [1.807, 2.05) is 18.2 Å². The molecule has 1 aromatic heterocycles. The van der Waals surface area contributed by atoms with E-state index in [-0.39, 0.29) is 5.13 Å². The molecule has 2 amide bonds. The summed E-state index contributed by atoms with van der Waals surface area (Å²) in [5.41, 5.74) is -0.825. The quantitative estimate of drug-likeness (QED) is 0.579. The van der Waals surface area contributed by atoms with E-state index in [1.165, 1.54) is 11.3 Å². The highest BCUT2D eigenvalue weighted by molar-refractivity contribution is 9.10. The second-order valence-electron chi connectivity index (χ2n) is 7.40. The molecule has 0 atom stereocenters. The van der Waals surface area contributed by atoms with Gasteiger partial charge >= 0.3 is 12.2 Å². The van der Waals surface area contributed by atoms with E-state index in [1.54, 1.807) is 41.5 Å². The van der Waals surface area contributed by atoms with Gasteiger partial charge in [0.25, 0.3) is 0 Å². The first-order chi connectivity index (χ1) is 11.4. The Morgan fingerprint density at radius 2 is 1.56 bits per heavy atom. The van der Waals surface area contributed by atoms with Crippen LogP contribution in [-0.2, 0) is 9.47 Å². The zero-order valence-corrected chi connectivity index (χ0v) is 17.4. The molecule has 6 nitrogen and oxygen atoms in total. The molecule has 8 heteroatoms. The van der Waals surface area contributed by atoms with Crippen LogP contribution in [0.1, 0.15) is 41.5 Å². The molecule has 0 spiro atoms. The molecule has 1 heterocycles. The van der Waals surface area contributed by atoms with E-state index in [0.717, 1.165) is 14.1 Å². The number of fused-ring (bicyclic) bond motifs is 1. The van der Waals surface area contributed by atoms with Crippen molar-refractivity contribution in [1.82, 2.24) is 4.98 Å². The van der Waals surface area contributed by atoms with E-state index in [2.05, 4.69) is 20.9 Å². The van der Waals surface area contributed by atoms with Crippen LogP contribution in [0.5, 0.6) is 0 Å². The number of nitrogens with zero attached hydrogens (tertiary/aromatic N) is 2. The van der Waals surface area contributed by atoms with Crippen LogP contribution in [0.2, 0.25) is 0 Å². The van der Waals surface area contributed by atoms with Crippen molar-refractivity contribution in [2.45, 2.75) is 52.7 Å². The summed E-state index contributed by atoms with van der Waals surface area (Å²) in [6.45, 7) is 10.4. The second kappa shape index (κ2) is 6.92. The van der Waals surface area contributed by atoms with Gasteiger partial charge in [-0.2, -0.15) is 4.90 Å². The van der Waals surface area contributed by atoms with Gasteiger partial charge in [-0.3, -0.25) is 0 Å². The number of anilines is 1. The second-order valence-corrected chi connectivity index (χ2v) is 9.33. The maximum absolute atomic E-state index is 12.6. The van der Waals surface area contributed by atoms with Crippen LogP contribution in [0, 0.1) is 0 Å². The Morgan fingerprint density at radius 3 is 2.04 bits per heavy atom. The van der Waals surface area contributed by atoms with Gasteiger partial charge in [0.05, 0.1) is 10.2 Å². The summed E-state index contributed by atoms with van der Waals surface area (Å²) in [5, 5.41) is 0.205. The highest BCUT2D eigenvalue weighted by Crippen LogP contribution is 2.32. The minimum Gasteiger partial charge on any atom is -0.443 e. The number of hydrogen-bond donors (Lipinski definition) is 0. The molecule has 0 N–H and O–H groups in total. The number of imide groups is 1. The molecule has 136 valence electrons. The van der Waals surface area contributed by atoms with Crippen molar-refractivity contribution >= 4 is 54.8 Å². The number of rotatable bonds is 1. The molecule has 0 radical (unpaired) electrons. The standard InChI is InChI=1S/C17H21BrN2O4S/c1-16(2,3)23-14(21)20(15(22)24-17(4,5)6)13-19-11-8-7-10(18)9-12(11)25-13/h7-9H,1-6H3. The monoisotopic (exact) mass is 428 g/mol.